The molecule has 0 atom stereocenters. The smallest absolute Gasteiger partial charge is 0.310 e. The molecule has 0 unspecified atom stereocenters. The van der Waals surface area contributed by atoms with Crippen molar-refractivity contribution >= 4 is 15.8 Å². The van der Waals surface area contributed by atoms with Gasteiger partial charge >= 0.3 is 5.97 Å². The number of fused-ring (bicyclic) bond motifs is 1. The predicted molar refractivity (Wildman–Crippen MR) is 115 cm³/mol. The van der Waals surface area contributed by atoms with Crippen molar-refractivity contribution in [1.29, 1.82) is 0 Å². The van der Waals surface area contributed by atoms with Crippen LogP contribution in [0.2, 0.25) is 0 Å². The summed E-state index contributed by atoms with van der Waals surface area (Å²) in [6.45, 7) is 4.23. The average Bonchev–Trinajstić information content (AvgIpc) is 3.27. The number of rotatable bonds is 7. The quantitative estimate of drug-likeness (QED) is 0.496. The molecule has 2 aromatic carbocycles. The van der Waals surface area contributed by atoms with E-state index in [0.29, 0.717) is 41.7 Å². The van der Waals surface area contributed by atoms with Crippen LogP contribution in [-0.2, 0) is 32.4 Å². The molecule has 0 saturated heterocycles. The van der Waals surface area contributed by atoms with Crippen molar-refractivity contribution in [3.8, 4) is 22.8 Å². The molecule has 0 saturated carbocycles. The first-order valence-electron chi connectivity index (χ1n) is 10.2. The molecule has 1 aromatic heterocycles. The molecular formula is C23H23NO7S. The van der Waals surface area contributed by atoms with Gasteiger partial charge in [-0.05, 0) is 49.7 Å². The summed E-state index contributed by atoms with van der Waals surface area (Å²) in [5.41, 5.74) is 1.91. The highest BCUT2D eigenvalue weighted by Gasteiger charge is 2.19. The van der Waals surface area contributed by atoms with Gasteiger partial charge < -0.3 is 18.7 Å². The molecule has 1 aliphatic heterocycles. The summed E-state index contributed by atoms with van der Waals surface area (Å²) in [6, 6.07) is 13.4. The number of nitrogens with zero attached hydrogens (tertiary/aromatic N) is 1. The maximum absolute atomic E-state index is 12.2. The van der Waals surface area contributed by atoms with Gasteiger partial charge in [0.2, 0.25) is 0 Å². The molecule has 2 heterocycles. The Morgan fingerprint density at radius 2 is 1.75 bits per heavy atom. The van der Waals surface area contributed by atoms with Crippen LogP contribution in [0.5, 0.6) is 11.5 Å². The second-order valence-electron chi connectivity index (χ2n) is 7.62. The predicted octanol–water partition coefficient (Wildman–Crippen LogP) is 3.58. The molecule has 168 valence electrons. The van der Waals surface area contributed by atoms with Crippen molar-refractivity contribution in [3.63, 3.8) is 0 Å². The van der Waals surface area contributed by atoms with Gasteiger partial charge in [0, 0.05) is 11.6 Å². The highest BCUT2D eigenvalue weighted by Crippen LogP contribution is 2.34. The zero-order valence-electron chi connectivity index (χ0n) is 17.7. The topological polar surface area (TPSA) is 105 Å². The first kappa shape index (κ1) is 21.9. The summed E-state index contributed by atoms with van der Waals surface area (Å²) in [4.78, 5) is 12.4. The van der Waals surface area contributed by atoms with E-state index in [2.05, 4.69) is 5.16 Å². The zero-order chi connectivity index (χ0) is 22.7. The number of carbonyl (C=O) groups is 1. The second-order valence-corrected chi connectivity index (χ2v) is 10.1. The fraction of sp³-hybridized carbons (Fsp3) is 0.304. The number of benzene rings is 2. The van der Waals surface area contributed by atoms with Gasteiger partial charge in [0.15, 0.2) is 27.1 Å². The molecule has 0 bridgehead atoms. The third kappa shape index (κ3) is 4.77. The fourth-order valence-electron chi connectivity index (χ4n) is 3.15. The van der Waals surface area contributed by atoms with Gasteiger partial charge in [-0.3, -0.25) is 4.79 Å². The van der Waals surface area contributed by atoms with E-state index in [9.17, 15) is 13.2 Å². The van der Waals surface area contributed by atoms with Crippen LogP contribution in [0, 0.1) is 0 Å². The molecule has 1 aliphatic rings. The van der Waals surface area contributed by atoms with Crippen molar-refractivity contribution in [3.05, 3.63) is 59.8 Å². The summed E-state index contributed by atoms with van der Waals surface area (Å²) >= 11 is 0. The monoisotopic (exact) mass is 457 g/mol. The number of aromatic nitrogens is 1. The normalized spacial score (nSPS) is 13.2. The van der Waals surface area contributed by atoms with E-state index in [4.69, 9.17) is 18.7 Å². The summed E-state index contributed by atoms with van der Waals surface area (Å²) in [5.74, 6) is 1.40. The van der Waals surface area contributed by atoms with Crippen molar-refractivity contribution in [2.24, 2.45) is 0 Å². The largest absolute Gasteiger partial charge is 0.486 e. The standard InChI is InChI=1S/C23H23NO7S/c1-15(2)32(26,27)19-6-3-16(4-7-19)11-23(25)30-14-18-13-21(31-24-18)17-5-8-20-22(12-17)29-10-9-28-20/h3-8,12-13,15H,9-11,14H2,1-2H3. The molecular weight excluding hydrogens is 434 g/mol. The lowest BCUT2D eigenvalue weighted by Gasteiger charge is -2.18. The van der Waals surface area contributed by atoms with E-state index in [-0.39, 0.29) is 17.9 Å². The van der Waals surface area contributed by atoms with Gasteiger partial charge in [0.05, 0.1) is 16.6 Å². The van der Waals surface area contributed by atoms with Crippen LogP contribution >= 0.6 is 0 Å². The number of esters is 1. The first-order valence-corrected chi connectivity index (χ1v) is 11.7. The van der Waals surface area contributed by atoms with Crippen LogP contribution in [0.1, 0.15) is 25.1 Å². The van der Waals surface area contributed by atoms with Gasteiger partial charge in [0.25, 0.3) is 0 Å². The van der Waals surface area contributed by atoms with Gasteiger partial charge in [0.1, 0.15) is 25.5 Å². The number of hydrogen-bond donors (Lipinski definition) is 0. The van der Waals surface area contributed by atoms with Crippen molar-refractivity contribution in [2.45, 2.75) is 37.0 Å². The minimum Gasteiger partial charge on any atom is -0.486 e. The average molecular weight is 458 g/mol. The van der Waals surface area contributed by atoms with Gasteiger partial charge in [-0.1, -0.05) is 17.3 Å². The minimum absolute atomic E-state index is 0.0227. The summed E-state index contributed by atoms with van der Waals surface area (Å²) in [6.07, 6.45) is 0.0227. The number of hydrogen-bond acceptors (Lipinski definition) is 8. The first-order chi connectivity index (χ1) is 15.3. The third-order valence-electron chi connectivity index (χ3n) is 4.99. The Kier molecular flexibility index (Phi) is 6.18. The van der Waals surface area contributed by atoms with Crippen LogP contribution in [0.4, 0.5) is 0 Å². The van der Waals surface area contributed by atoms with Crippen LogP contribution < -0.4 is 9.47 Å². The molecule has 0 amide bonds. The van der Waals surface area contributed by atoms with Crippen LogP contribution in [0.25, 0.3) is 11.3 Å². The zero-order valence-corrected chi connectivity index (χ0v) is 18.6. The van der Waals surface area contributed by atoms with Crippen LogP contribution in [0.15, 0.2) is 57.9 Å². The number of carbonyl (C=O) groups excluding carboxylic acids is 1. The highest BCUT2D eigenvalue weighted by atomic mass is 32.2. The summed E-state index contributed by atoms with van der Waals surface area (Å²) in [5, 5.41) is 3.44. The molecule has 0 aliphatic carbocycles. The fourth-order valence-corrected chi connectivity index (χ4v) is 4.21. The summed E-state index contributed by atoms with van der Waals surface area (Å²) < 4.78 is 46.1. The Hall–Kier alpha value is -3.33. The van der Waals surface area contributed by atoms with Gasteiger partial charge in [-0.15, -0.1) is 0 Å². The Balaban J connectivity index is 1.34. The molecule has 0 spiro atoms. The van der Waals surface area contributed by atoms with E-state index >= 15 is 0 Å². The van der Waals surface area contributed by atoms with Gasteiger partial charge in [-0.25, -0.2) is 8.42 Å². The van der Waals surface area contributed by atoms with E-state index in [1.54, 1.807) is 32.0 Å². The molecule has 3 aromatic rings. The molecule has 4 rings (SSSR count). The van der Waals surface area contributed by atoms with Crippen molar-refractivity contribution < 1.29 is 31.9 Å². The van der Waals surface area contributed by atoms with Crippen LogP contribution in [0.3, 0.4) is 0 Å². The number of sulfone groups is 1. The highest BCUT2D eigenvalue weighted by molar-refractivity contribution is 7.92. The van der Waals surface area contributed by atoms with Crippen LogP contribution in [-0.4, -0.2) is 38.0 Å². The second kappa shape index (κ2) is 9.04. The van der Waals surface area contributed by atoms with E-state index < -0.39 is 21.1 Å². The Bertz CT molecular complexity index is 1210. The molecule has 8 nitrogen and oxygen atoms in total. The minimum atomic E-state index is -3.34. The van der Waals surface area contributed by atoms with Gasteiger partial charge in [-0.2, -0.15) is 0 Å². The van der Waals surface area contributed by atoms with E-state index in [1.807, 2.05) is 18.2 Å². The Morgan fingerprint density at radius 3 is 2.47 bits per heavy atom. The summed E-state index contributed by atoms with van der Waals surface area (Å²) in [7, 11) is -3.34. The van der Waals surface area contributed by atoms with Crippen molar-refractivity contribution in [1.82, 2.24) is 5.16 Å². The Labute approximate surface area is 186 Å². The molecule has 32 heavy (non-hydrogen) atoms. The van der Waals surface area contributed by atoms with E-state index in [0.717, 1.165) is 5.56 Å². The molecule has 0 radical (unpaired) electrons. The lowest BCUT2D eigenvalue weighted by Crippen LogP contribution is -2.15. The molecule has 0 N–H and O–H groups in total. The maximum Gasteiger partial charge on any atom is 0.310 e. The van der Waals surface area contributed by atoms with Crippen molar-refractivity contribution in [2.75, 3.05) is 13.2 Å². The third-order valence-corrected chi connectivity index (χ3v) is 7.16. The SMILES string of the molecule is CC(C)S(=O)(=O)c1ccc(CC(=O)OCc2cc(-c3ccc4c(c3)OCCO4)on2)cc1. The number of ether oxygens (including phenoxy) is 3. The molecule has 0 fully saturated rings. The molecule has 9 heteroatoms. The van der Waals surface area contributed by atoms with E-state index in [1.165, 1.54) is 12.1 Å². The lowest BCUT2D eigenvalue weighted by molar-refractivity contribution is -0.144. The lowest BCUT2D eigenvalue weighted by atomic mass is 10.1. The maximum atomic E-state index is 12.2. The Morgan fingerprint density at radius 1 is 1.03 bits per heavy atom.